The average Bonchev–Trinajstić information content (AvgIpc) is 2.79. The number of hydrogen-bond donors (Lipinski definition) is 1. The SMILES string of the molecule is O=CN(O)C(CS(=O)(=O)N1CCC(Oc2ccc([N+](=O)[O-])cc2F)CC1)c1ccccc1. The second-order valence-electron chi connectivity index (χ2n) is 7.28. The molecule has 0 radical (unpaired) electrons. The topological polar surface area (TPSA) is 130 Å². The lowest BCUT2D eigenvalue weighted by Gasteiger charge is -2.33. The number of non-ortho nitro benzene ring substituents is 1. The van der Waals surface area contributed by atoms with Crippen molar-refractivity contribution in [1.82, 2.24) is 9.37 Å². The maximum absolute atomic E-state index is 14.1. The minimum Gasteiger partial charge on any atom is -0.487 e. The number of rotatable bonds is 9. The molecule has 172 valence electrons. The van der Waals surface area contributed by atoms with Crippen LogP contribution in [0.2, 0.25) is 0 Å². The number of hydrogen-bond acceptors (Lipinski definition) is 7. The molecule has 0 aliphatic carbocycles. The number of piperidine rings is 1. The number of ether oxygens (including phenoxy) is 1. The molecular weight excluding hydrogens is 445 g/mol. The highest BCUT2D eigenvalue weighted by Crippen LogP contribution is 2.28. The summed E-state index contributed by atoms with van der Waals surface area (Å²) in [5.74, 6) is -1.51. The molecule has 2 aromatic carbocycles. The van der Waals surface area contributed by atoms with Gasteiger partial charge >= 0.3 is 0 Å². The molecule has 0 bridgehead atoms. The summed E-state index contributed by atoms with van der Waals surface area (Å²) >= 11 is 0. The molecule has 0 aromatic heterocycles. The molecule has 1 aliphatic heterocycles. The Hall–Kier alpha value is -3.09. The van der Waals surface area contributed by atoms with Crippen LogP contribution in [0.25, 0.3) is 0 Å². The highest BCUT2D eigenvalue weighted by atomic mass is 32.2. The standard InChI is InChI=1S/C20H22FN3O7S/c21-18-12-16(24(27)28)6-7-20(18)31-17-8-10-22(11-9-17)32(29,30)13-19(23(26)14-25)15-4-2-1-3-5-15/h1-7,12,14,17,19,26H,8-11,13H2. The average molecular weight is 467 g/mol. The van der Waals surface area contributed by atoms with Gasteiger partial charge in [-0.05, 0) is 24.5 Å². The normalized spacial score (nSPS) is 16.3. The number of nitro groups is 1. The maximum atomic E-state index is 14.1. The number of carbonyl (C=O) groups excluding carboxylic acids is 1. The second-order valence-corrected chi connectivity index (χ2v) is 9.29. The van der Waals surface area contributed by atoms with Crippen LogP contribution in [0.4, 0.5) is 10.1 Å². The minimum atomic E-state index is -3.84. The molecule has 0 saturated carbocycles. The Bertz CT molecular complexity index is 1060. The van der Waals surface area contributed by atoms with Crippen LogP contribution >= 0.6 is 0 Å². The second kappa shape index (κ2) is 10.0. The Labute approximate surface area is 184 Å². The zero-order valence-corrected chi connectivity index (χ0v) is 17.7. The molecule has 1 N–H and O–H groups in total. The molecule has 3 rings (SSSR count). The van der Waals surface area contributed by atoms with E-state index < -0.39 is 44.3 Å². The number of benzene rings is 2. The van der Waals surface area contributed by atoms with E-state index in [1.54, 1.807) is 30.3 Å². The van der Waals surface area contributed by atoms with Crippen molar-refractivity contribution in [3.63, 3.8) is 0 Å². The summed E-state index contributed by atoms with van der Waals surface area (Å²) in [4.78, 5) is 21.1. The molecule has 1 atom stereocenters. The Kier molecular flexibility index (Phi) is 7.38. The van der Waals surface area contributed by atoms with Gasteiger partial charge in [0.05, 0.1) is 22.8 Å². The van der Waals surface area contributed by atoms with Crippen LogP contribution in [0.1, 0.15) is 24.4 Å². The molecule has 1 heterocycles. The molecule has 12 heteroatoms. The molecule has 1 unspecified atom stereocenters. The van der Waals surface area contributed by atoms with Crippen molar-refractivity contribution in [1.29, 1.82) is 0 Å². The summed E-state index contributed by atoms with van der Waals surface area (Å²) < 4.78 is 46.7. The van der Waals surface area contributed by atoms with E-state index in [0.717, 1.165) is 12.1 Å². The number of nitro benzene ring substituents is 1. The Morgan fingerprint density at radius 2 is 1.91 bits per heavy atom. The van der Waals surface area contributed by atoms with Crippen molar-refractivity contribution in [2.75, 3.05) is 18.8 Å². The Morgan fingerprint density at radius 3 is 2.47 bits per heavy atom. The number of nitrogens with zero attached hydrogens (tertiary/aromatic N) is 3. The fourth-order valence-electron chi connectivity index (χ4n) is 3.49. The minimum absolute atomic E-state index is 0.107. The quantitative estimate of drug-likeness (QED) is 0.259. The lowest BCUT2D eigenvalue weighted by Crippen LogP contribution is -2.44. The first kappa shape index (κ1) is 23.6. The predicted molar refractivity (Wildman–Crippen MR) is 111 cm³/mol. The number of hydroxylamine groups is 2. The third-order valence-electron chi connectivity index (χ3n) is 5.19. The van der Waals surface area contributed by atoms with Gasteiger partial charge in [-0.2, -0.15) is 0 Å². The molecule has 1 saturated heterocycles. The molecule has 1 aliphatic rings. The van der Waals surface area contributed by atoms with Gasteiger partial charge in [0.25, 0.3) is 5.69 Å². The summed E-state index contributed by atoms with van der Waals surface area (Å²) in [7, 11) is -3.84. The first-order chi connectivity index (χ1) is 15.2. The number of carbonyl (C=O) groups is 1. The third kappa shape index (κ3) is 5.58. The molecule has 32 heavy (non-hydrogen) atoms. The molecular formula is C20H22FN3O7S. The van der Waals surface area contributed by atoms with Gasteiger partial charge < -0.3 is 4.74 Å². The van der Waals surface area contributed by atoms with E-state index >= 15 is 0 Å². The van der Waals surface area contributed by atoms with E-state index in [1.807, 2.05) is 0 Å². The van der Waals surface area contributed by atoms with Crippen LogP contribution in [0.5, 0.6) is 5.75 Å². The fourth-order valence-corrected chi connectivity index (χ4v) is 5.21. The van der Waals surface area contributed by atoms with Crippen molar-refractivity contribution >= 4 is 22.1 Å². The van der Waals surface area contributed by atoms with Gasteiger partial charge in [-0.3, -0.25) is 20.1 Å². The highest BCUT2D eigenvalue weighted by molar-refractivity contribution is 7.89. The molecule has 10 nitrogen and oxygen atoms in total. The van der Waals surface area contributed by atoms with E-state index in [0.29, 0.717) is 10.6 Å². The molecule has 1 fully saturated rings. The monoisotopic (exact) mass is 467 g/mol. The highest BCUT2D eigenvalue weighted by Gasteiger charge is 2.33. The Morgan fingerprint density at radius 1 is 1.25 bits per heavy atom. The zero-order valence-electron chi connectivity index (χ0n) is 16.9. The zero-order chi connectivity index (χ0) is 23.3. The smallest absolute Gasteiger partial charge is 0.272 e. The van der Waals surface area contributed by atoms with Crippen molar-refractivity contribution in [3.05, 3.63) is 70.0 Å². The van der Waals surface area contributed by atoms with E-state index in [2.05, 4.69) is 0 Å². The van der Waals surface area contributed by atoms with Gasteiger partial charge in [0.2, 0.25) is 16.4 Å². The van der Waals surface area contributed by atoms with E-state index in [4.69, 9.17) is 4.74 Å². The van der Waals surface area contributed by atoms with Crippen LogP contribution in [0.3, 0.4) is 0 Å². The van der Waals surface area contributed by atoms with Gasteiger partial charge in [-0.1, -0.05) is 30.3 Å². The first-order valence-corrected chi connectivity index (χ1v) is 11.4. The predicted octanol–water partition coefficient (Wildman–Crippen LogP) is 2.50. The summed E-state index contributed by atoms with van der Waals surface area (Å²) in [6.45, 7) is 0.214. The van der Waals surface area contributed by atoms with Gasteiger partial charge in [-0.15, -0.1) is 0 Å². The Balaban J connectivity index is 1.63. The summed E-state index contributed by atoms with van der Waals surface area (Å²) in [6, 6.07) is 10.3. The van der Waals surface area contributed by atoms with E-state index in [1.165, 1.54) is 10.4 Å². The molecule has 2 aromatic rings. The van der Waals surface area contributed by atoms with Gasteiger partial charge in [0.15, 0.2) is 11.6 Å². The largest absolute Gasteiger partial charge is 0.487 e. The van der Waals surface area contributed by atoms with Gasteiger partial charge in [0.1, 0.15) is 6.10 Å². The van der Waals surface area contributed by atoms with Crippen LogP contribution in [-0.2, 0) is 14.8 Å². The van der Waals surface area contributed by atoms with Gasteiger partial charge in [0, 0.05) is 19.2 Å². The van der Waals surface area contributed by atoms with Crippen LogP contribution in [0.15, 0.2) is 48.5 Å². The van der Waals surface area contributed by atoms with Crippen LogP contribution in [0, 0.1) is 15.9 Å². The lowest BCUT2D eigenvalue weighted by molar-refractivity contribution is -0.385. The van der Waals surface area contributed by atoms with Crippen molar-refractivity contribution in [2.45, 2.75) is 25.0 Å². The maximum Gasteiger partial charge on any atom is 0.272 e. The molecule has 0 spiro atoms. The molecule has 1 amide bonds. The van der Waals surface area contributed by atoms with Crippen LogP contribution < -0.4 is 4.74 Å². The van der Waals surface area contributed by atoms with Crippen LogP contribution in [-0.4, -0.2) is 59.3 Å². The van der Waals surface area contributed by atoms with Crippen molar-refractivity contribution < 1.29 is 32.5 Å². The summed E-state index contributed by atoms with van der Waals surface area (Å²) in [6.07, 6.45) is 0.253. The fraction of sp³-hybridized carbons (Fsp3) is 0.350. The number of amides is 1. The van der Waals surface area contributed by atoms with E-state index in [-0.39, 0.29) is 38.1 Å². The summed E-state index contributed by atoms with van der Waals surface area (Å²) in [5.41, 5.74) is 0.0783. The third-order valence-corrected chi connectivity index (χ3v) is 7.08. The van der Waals surface area contributed by atoms with Crippen molar-refractivity contribution in [2.24, 2.45) is 0 Å². The van der Waals surface area contributed by atoms with Crippen molar-refractivity contribution in [3.8, 4) is 5.75 Å². The van der Waals surface area contributed by atoms with E-state index in [9.17, 15) is 32.9 Å². The number of sulfonamides is 1. The first-order valence-electron chi connectivity index (χ1n) is 9.77. The lowest BCUT2D eigenvalue weighted by atomic mass is 10.1. The number of halogens is 1. The van der Waals surface area contributed by atoms with Gasteiger partial charge in [-0.25, -0.2) is 22.2 Å². The summed E-state index contributed by atoms with van der Waals surface area (Å²) in [5, 5.41) is 20.9.